The van der Waals surface area contributed by atoms with Gasteiger partial charge >= 0.3 is 7.12 Å². The van der Waals surface area contributed by atoms with Crippen LogP contribution >= 0.6 is 0 Å². The second-order valence-electron chi connectivity index (χ2n) is 8.75. The molecule has 1 aliphatic heterocycles. The molecule has 0 radical (unpaired) electrons. The van der Waals surface area contributed by atoms with E-state index in [1.807, 2.05) is 4.90 Å². The number of aromatic nitrogens is 1. The Labute approximate surface area is 183 Å². The van der Waals surface area contributed by atoms with E-state index in [9.17, 15) is 14.8 Å². The van der Waals surface area contributed by atoms with Crippen LogP contribution in [0.15, 0.2) is 48.5 Å². The molecule has 0 saturated carbocycles. The lowest BCUT2D eigenvalue weighted by atomic mass is 9.80. The number of carbonyl (C=O) groups is 1. The van der Waals surface area contributed by atoms with E-state index in [2.05, 4.69) is 48.4 Å². The highest BCUT2D eigenvalue weighted by molar-refractivity contribution is 6.58. The van der Waals surface area contributed by atoms with Crippen molar-refractivity contribution in [1.82, 2.24) is 15.2 Å². The number of H-pyrrole nitrogens is 1. The second-order valence-corrected chi connectivity index (χ2v) is 8.75. The van der Waals surface area contributed by atoms with Crippen LogP contribution in [0, 0.1) is 0 Å². The largest absolute Gasteiger partial charge is 0.488 e. The number of hydrogen-bond acceptors (Lipinski definition) is 4. The standard InChI is InChI=1S/C24H30BN3O3/c1-16(2)26-15-17-4-3-5-19(12-17)18-8-10-28(11-9-18)24(29)23-14-20-13-21(25(30)31)6-7-22(20)27-23/h3-7,12-14,16,18,26-27,30-31H,8-11,15H2,1-2H3. The Morgan fingerprint density at radius 3 is 2.65 bits per heavy atom. The topological polar surface area (TPSA) is 88.6 Å². The highest BCUT2D eigenvalue weighted by atomic mass is 16.4. The van der Waals surface area contributed by atoms with E-state index in [1.165, 1.54) is 11.1 Å². The van der Waals surface area contributed by atoms with Crippen LogP contribution in [-0.4, -0.2) is 52.1 Å². The molecule has 0 spiro atoms. The number of nitrogens with one attached hydrogen (secondary N) is 2. The number of carbonyl (C=O) groups excluding carboxylic acids is 1. The average Bonchev–Trinajstić information content (AvgIpc) is 3.21. The first kappa shape index (κ1) is 21.6. The molecule has 0 atom stereocenters. The molecule has 0 bridgehead atoms. The number of fused-ring (bicyclic) bond motifs is 1. The molecule has 3 aromatic rings. The van der Waals surface area contributed by atoms with Crippen molar-refractivity contribution in [2.75, 3.05) is 13.1 Å². The smallest absolute Gasteiger partial charge is 0.423 e. The first-order valence-corrected chi connectivity index (χ1v) is 11.0. The van der Waals surface area contributed by atoms with Crippen LogP contribution in [0.4, 0.5) is 0 Å². The Morgan fingerprint density at radius 2 is 1.94 bits per heavy atom. The maximum absolute atomic E-state index is 13.0. The fourth-order valence-electron chi connectivity index (χ4n) is 4.29. The molecule has 2 heterocycles. The summed E-state index contributed by atoms with van der Waals surface area (Å²) in [5.41, 5.74) is 4.43. The minimum absolute atomic E-state index is 0.00405. The van der Waals surface area contributed by atoms with Crippen molar-refractivity contribution in [3.63, 3.8) is 0 Å². The predicted molar refractivity (Wildman–Crippen MR) is 124 cm³/mol. The number of aromatic amines is 1. The molecule has 1 amide bonds. The third kappa shape index (κ3) is 5.01. The lowest BCUT2D eigenvalue weighted by Gasteiger charge is -2.32. The Morgan fingerprint density at radius 1 is 1.16 bits per heavy atom. The number of hydrogen-bond donors (Lipinski definition) is 4. The number of benzene rings is 2. The van der Waals surface area contributed by atoms with Crippen LogP contribution in [0.25, 0.3) is 10.9 Å². The minimum Gasteiger partial charge on any atom is -0.423 e. The van der Waals surface area contributed by atoms with E-state index in [-0.39, 0.29) is 5.91 Å². The van der Waals surface area contributed by atoms with E-state index in [0.29, 0.717) is 23.1 Å². The average molecular weight is 419 g/mol. The molecular weight excluding hydrogens is 389 g/mol. The molecule has 1 fully saturated rings. The zero-order valence-corrected chi connectivity index (χ0v) is 18.1. The van der Waals surface area contributed by atoms with Crippen LogP contribution < -0.4 is 10.8 Å². The second kappa shape index (κ2) is 9.26. The highest BCUT2D eigenvalue weighted by Gasteiger charge is 2.26. The summed E-state index contributed by atoms with van der Waals surface area (Å²) in [4.78, 5) is 18.1. The first-order chi connectivity index (χ1) is 14.9. The maximum Gasteiger partial charge on any atom is 0.488 e. The first-order valence-electron chi connectivity index (χ1n) is 11.0. The molecule has 1 aromatic heterocycles. The van der Waals surface area contributed by atoms with Gasteiger partial charge in [0.25, 0.3) is 5.91 Å². The van der Waals surface area contributed by atoms with E-state index in [4.69, 9.17) is 0 Å². The fraction of sp³-hybridized carbons (Fsp3) is 0.375. The van der Waals surface area contributed by atoms with Gasteiger partial charge in [-0.3, -0.25) is 4.79 Å². The van der Waals surface area contributed by atoms with Gasteiger partial charge < -0.3 is 25.2 Å². The van der Waals surface area contributed by atoms with Gasteiger partial charge in [0, 0.05) is 31.2 Å². The summed E-state index contributed by atoms with van der Waals surface area (Å²) in [5, 5.41) is 23.0. The van der Waals surface area contributed by atoms with Crippen LogP contribution in [0.2, 0.25) is 0 Å². The molecule has 0 unspecified atom stereocenters. The molecule has 2 aromatic carbocycles. The number of piperidine rings is 1. The minimum atomic E-state index is -1.52. The van der Waals surface area contributed by atoms with Crippen molar-refractivity contribution >= 4 is 29.4 Å². The third-order valence-electron chi connectivity index (χ3n) is 6.09. The summed E-state index contributed by atoms with van der Waals surface area (Å²) in [6.45, 7) is 6.64. The molecule has 0 aliphatic carbocycles. The molecule has 6 nitrogen and oxygen atoms in total. The van der Waals surface area contributed by atoms with E-state index >= 15 is 0 Å². The summed E-state index contributed by atoms with van der Waals surface area (Å²) in [5.74, 6) is 0.468. The van der Waals surface area contributed by atoms with Crippen LogP contribution in [-0.2, 0) is 6.54 Å². The number of nitrogens with zero attached hydrogens (tertiary/aromatic N) is 1. The van der Waals surface area contributed by atoms with Gasteiger partial charge in [0.05, 0.1) is 0 Å². The van der Waals surface area contributed by atoms with Crippen molar-refractivity contribution in [2.45, 2.75) is 45.2 Å². The summed E-state index contributed by atoms with van der Waals surface area (Å²) < 4.78 is 0. The molecule has 1 aliphatic rings. The van der Waals surface area contributed by atoms with Crippen LogP contribution in [0.1, 0.15) is 54.2 Å². The Balaban J connectivity index is 1.40. The van der Waals surface area contributed by atoms with Gasteiger partial charge in [-0.05, 0) is 52.9 Å². The zero-order chi connectivity index (χ0) is 22.0. The van der Waals surface area contributed by atoms with Crippen LogP contribution in [0.3, 0.4) is 0 Å². The van der Waals surface area contributed by atoms with Crippen molar-refractivity contribution in [1.29, 1.82) is 0 Å². The number of rotatable bonds is 6. The molecule has 162 valence electrons. The number of amides is 1. The molecule has 7 heteroatoms. The monoisotopic (exact) mass is 419 g/mol. The SMILES string of the molecule is CC(C)NCc1cccc(C2CCN(C(=O)c3cc4cc(B(O)O)ccc4[nH]3)CC2)c1. The fourth-order valence-corrected chi connectivity index (χ4v) is 4.29. The van der Waals surface area contributed by atoms with Gasteiger partial charge in [0.2, 0.25) is 0 Å². The Kier molecular flexibility index (Phi) is 6.46. The molecule has 1 saturated heterocycles. The van der Waals surface area contributed by atoms with Crippen LogP contribution in [0.5, 0.6) is 0 Å². The third-order valence-corrected chi connectivity index (χ3v) is 6.09. The van der Waals surface area contributed by atoms with Gasteiger partial charge in [-0.15, -0.1) is 0 Å². The van der Waals surface area contributed by atoms with E-state index in [0.717, 1.165) is 43.4 Å². The van der Waals surface area contributed by atoms with Crippen molar-refractivity contribution in [3.05, 3.63) is 65.4 Å². The lowest BCUT2D eigenvalue weighted by molar-refractivity contribution is 0.0708. The highest BCUT2D eigenvalue weighted by Crippen LogP contribution is 2.29. The molecule has 4 rings (SSSR count). The van der Waals surface area contributed by atoms with Crippen molar-refractivity contribution in [3.8, 4) is 0 Å². The number of likely N-dealkylation sites (tertiary alicyclic amines) is 1. The van der Waals surface area contributed by atoms with Gasteiger partial charge in [-0.25, -0.2) is 0 Å². The van der Waals surface area contributed by atoms with Gasteiger partial charge in [-0.2, -0.15) is 0 Å². The quantitative estimate of drug-likeness (QED) is 0.462. The van der Waals surface area contributed by atoms with Crippen molar-refractivity contribution < 1.29 is 14.8 Å². The maximum atomic E-state index is 13.0. The van der Waals surface area contributed by atoms with Gasteiger partial charge in [0.1, 0.15) is 5.69 Å². The van der Waals surface area contributed by atoms with E-state index in [1.54, 1.807) is 24.3 Å². The van der Waals surface area contributed by atoms with E-state index < -0.39 is 7.12 Å². The zero-order valence-electron chi connectivity index (χ0n) is 18.1. The summed E-state index contributed by atoms with van der Waals surface area (Å²) in [6, 6.07) is 16.2. The summed E-state index contributed by atoms with van der Waals surface area (Å²) >= 11 is 0. The molecule has 4 N–H and O–H groups in total. The van der Waals surface area contributed by atoms with Crippen molar-refractivity contribution in [2.24, 2.45) is 0 Å². The van der Waals surface area contributed by atoms with Gasteiger partial charge in [0.15, 0.2) is 0 Å². The predicted octanol–water partition coefficient (Wildman–Crippen LogP) is 2.37. The Hall–Kier alpha value is -2.61. The Bertz CT molecular complexity index is 1060. The summed E-state index contributed by atoms with van der Waals surface area (Å²) in [7, 11) is -1.52. The molecular formula is C24H30BN3O3. The summed E-state index contributed by atoms with van der Waals surface area (Å²) in [6.07, 6.45) is 1.90. The van der Waals surface area contributed by atoms with Gasteiger partial charge in [-0.1, -0.05) is 50.2 Å². The lowest BCUT2D eigenvalue weighted by Crippen LogP contribution is -2.38. The molecule has 31 heavy (non-hydrogen) atoms. The normalized spacial score (nSPS) is 15.1.